The van der Waals surface area contributed by atoms with Gasteiger partial charge < -0.3 is 0 Å². The summed E-state index contributed by atoms with van der Waals surface area (Å²) in [6.07, 6.45) is 3.50. The number of ketones is 1. The number of carbonyl (C=O) groups is 1. The molecule has 0 amide bonds. The predicted molar refractivity (Wildman–Crippen MR) is 76.2 cm³/mol. The van der Waals surface area contributed by atoms with E-state index in [4.69, 9.17) is 4.63 Å². The number of allylic oxidation sites excluding steroid dienone is 2. The quantitative estimate of drug-likeness (QED) is 0.840. The number of fused-ring (bicyclic) bond motifs is 1. The van der Waals surface area contributed by atoms with E-state index in [2.05, 4.69) is 24.2 Å². The fourth-order valence-corrected chi connectivity index (χ4v) is 3.19. The van der Waals surface area contributed by atoms with E-state index in [0.717, 1.165) is 29.4 Å². The summed E-state index contributed by atoms with van der Waals surface area (Å²) in [7, 11) is 0. The second-order valence-electron chi connectivity index (χ2n) is 6.40. The summed E-state index contributed by atoms with van der Waals surface area (Å²) < 4.78 is 4.71. The van der Waals surface area contributed by atoms with Gasteiger partial charge in [0.05, 0.1) is 0 Å². The largest absolute Gasteiger partial charge is 0.295 e. The maximum Gasteiger partial charge on any atom is 0.159 e. The molecule has 2 aromatic rings. The Bertz CT molecular complexity index is 697. The Morgan fingerprint density at radius 1 is 1.30 bits per heavy atom. The molecule has 0 saturated heterocycles. The molecule has 1 unspecified atom stereocenters. The highest BCUT2D eigenvalue weighted by Crippen LogP contribution is 2.40. The van der Waals surface area contributed by atoms with Gasteiger partial charge >= 0.3 is 0 Å². The number of benzene rings is 1. The van der Waals surface area contributed by atoms with Crippen LogP contribution in [0.4, 0.5) is 0 Å². The molecule has 0 N–H and O–H groups in total. The van der Waals surface area contributed by atoms with Gasteiger partial charge in [-0.25, -0.2) is 4.63 Å². The molecular weight excluding hydrogens is 252 g/mol. The Morgan fingerprint density at radius 2 is 2.05 bits per heavy atom. The lowest BCUT2D eigenvalue weighted by molar-refractivity contribution is -0.122. The molecular formula is C16H18N2O2. The zero-order valence-corrected chi connectivity index (χ0v) is 12.0. The van der Waals surface area contributed by atoms with Crippen LogP contribution in [0.25, 0.3) is 11.0 Å². The van der Waals surface area contributed by atoms with E-state index in [0.29, 0.717) is 0 Å². The number of carbonyl (C=O) groups excluding carboxylic acids is 1. The minimum absolute atomic E-state index is 0.00700. The first-order valence-electron chi connectivity index (χ1n) is 6.88. The van der Waals surface area contributed by atoms with Gasteiger partial charge in [0, 0.05) is 5.92 Å². The average Bonchev–Trinajstić information content (AvgIpc) is 2.80. The van der Waals surface area contributed by atoms with Crippen LogP contribution in [0, 0.1) is 11.3 Å². The third-order valence-electron chi connectivity index (χ3n) is 4.17. The monoisotopic (exact) mass is 270 g/mol. The van der Waals surface area contributed by atoms with Crippen LogP contribution >= 0.6 is 0 Å². The van der Waals surface area contributed by atoms with Crippen molar-refractivity contribution in [3.63, 3.8) is 0 Å². The van der Waals surface area contributed by atoms with E-state index in [-0.39, 0.29) is 17.1 Å². The molecule has 1 aliphatic rings. The molecule has 3 rings (SSSR count). The summed E-state index contributed by atoms with van der Waals surface area (Å²) in [5, 5.41) is 7.65. The Kier molecular flexibility index (Phi) is 2.96. The normalized spacial score (nSPS) is 22.1. The zero-order chi connectivity index (χ0) is 14.3. The van der Waals surface area contributed by atoms with Crippen LogP contribution in [0.15, 0.2) is 34.5 Å². The zero-order valence-electron chi connectivity index (χ0n) is 12.0. The van der Waals surface area contributed by atoms with Gasteiger partial charge in [-0.15, -0.1) is 0 Å². The van der Waals surface area contributed by atoms with Crippen molar-refractivity contribution in [1.29, 1.82) is 0 Å². The molecule has 4 nitrogen and oxygen atoms in total. The van der Waals surface area contributed by atoms with Crippen LogP contribution in [-0.2, 0) is 11.2 Å². The second-order valence-corrected chi connectivity index (χ2v) is 6.40. The Hall–Kier alpha value is -1.97. The van der Waals surface area contributed by atoms with E-state index >= 15 is 0 Å². The number of rotatable bonds is 2. The highest BCUT2D eigenvalue weighted by atomic mass is 16.6. The first kappa shape index (κ1) is 13.0. The molecule has 0 aliphatic heterocycles. The maximum atomic E-state index is 12.3. The number of hydrogen-bond acceptors (Lipinski definition) is 4. The van der Waals surface area contributed by atoms with Gasteiger partial charge in [0.2, 0.25) is 0 Å². The molecule has 0 bridgehead atoms. The fraction of sp³-hybridized carbons (Fsp3) is 0.438. The van der Waals surface area contributed by atoms with Gasteiger partial charge in [0.25, 0.3) is 0 Å². The van der Waals surface area contributed by atoms with Crippen molar-refractivity contribution in [2.75, 3.05) is 0 Å². The number of hydrogen-bond donors (Lipinski definition) is 0. The van der Waals surface area contributed by atoms with Crippen LogP contribution in [0.1, 0.15) is 32.8 Å². The summed E-state index contributed by atoms with van der Waals surface area (Å²) in [5.41, 5.74) is 3.77. The summed E-state index contributed by atoms with van der Waals surface area (Å²) in [6.45, 7) is 6.37. The molecule has 20 heavy (non-hydrogen) atoms. The molecule has 0 spiro atoms. The van der Waals surface area contributed by atoms with Gasteiger partial charge in [-0.3, -0.25) is 4.79 Å². The lowest BCUT2D eigenvalue weighted by Crippen LogP contribution is -2.35. The van der Waals surface area contributed by atoms with Crippen LogP contribution in [0.2, 0.25) is 0 Å². The van der Waals surface area contributed by atoms with Crippen molar-refractivity contribution < 1.29 is 9.42 Å². The molecule has 4 heteroatoms. The van der Waals surface area contributed by atoms with Crippen LogP contribution in [0.5, 0.6) is 0 Å². The standard InChI is InChI=1S/C16H18N2O2/c1-10-6-15(19)12(16(2,3)9-10)7-11-4-5-13-14(8-11)18-20-17-13/h4-6,8,12H,7,9H2,1-3H3. The summed E-state index contributed by atoms with van der Waals surface area (Å²) in [5.74, 6) is 0.251. The average molecular weight is 270 g/mol. The Morgan fingerprint density at radius 3 is 2.80 bits per heavy atom. The first-order chi connectivity index (χ1) is 9.45. The summed E-state index contributed by atoms with van der Waals surface area (Å²) in [4.78, 5) is 12.3. The summed E-state index contributed by atoms with van der Waals surface area (Å²) >= 11 is 0. The number of aromatic nitrogens is 2. The highest BCUT2D eigenvalue weighted by Gasteiger charge is 2.37. The molecule has 0 radical (unpaired) electrons. The lowest BCUT2D eigenvalue weighted by Gasteiger charge is -2.36. The van der Waals surface area contributed by atoms with Crippen LogP contribution in [0.3, 0.4) is 0 Å². The van der Waals surface area contributed by atoms with Crippen molar-refractivity contribution in [2.45, 2.75) is 33.6 Å². The van der Waals surface area contributed by atoms with E-state index in [1.165, 1.54) is 5.57 Å². The minimum Gasteiger partial charge on any atom is -0.295 e. The maximum absolute atomic E-state index is 12.3. The van der Waals surface area contributed by atoms with Crippen molar-refractivity contribution in [1.82, 2.24) is 10.3 Å². The van der Waals surface area contributed by atoms with E-state index in [9.17, 15) is 4.79 Å². The smallest absolute Gasteiger partial charge is 0.159 e. The molecule has 1 aromatic heterocycles. The molecule has 104 valence electrons. The minimum atomic E-state index is -0.00700. The van der Waals surface area contributed by atoms with Crippen LogP contribution in [-0.4, -0.2) is 16.1 Å². The fourth-order valence-electron chi connectivity index (χ4n) is 3.19. The lowest BCUT2D eigenvalue weighted by atomic mass is 9.67. The van der Waals surface area contributed by atoms with Crippen molar-refractivity contribution in [3.05, 3.63) is 35.4 Å². The second kappa shape index (κ2) is 4.54. The molecule has 1 atom stereocenters. The predicted octanol–water partition coefficient (Wildman–Crippen LogP) is 3.33. The highest BCUT2D eigenvalue weighted by molar-refractivity contribution is 5.94. The van der Waals surface area contributed by atoms with E-state index in [1.807, 2.05) is 25.1 Å². The van der Waals surface area contributed by atoms with Crippen molar-refractivity contribution >= 4 is 16.8 Å². The third-order valence-corrected chi connectivity index (χ3v) is 4.17. The SMILES string of the molecule is CC1=CC(=O)C(Cc2ccc3nonc3c2)C(C)(C)C1. The van der Waals surface area contributed by atoms with Gasteiger partial charge in [0.1, 0.15) is 11.0 Å². The molecule has 0 fully saturated rings. The van der Waals surface area contributed by atoms with Gasteiger partial charge in [-0.2, -0.15) is 0 Å². The number of nitrogens with zero attached hydrogens (tertiary/aromatic N) is 2. The van der Waals surface area contributed by atoms with Crippen molar-refractivity contribution in [3.8, 4) is 0 Å². The molecule has 0 saturated carbocycles. The van der Waals surface area contributed by atoms with Gasteiger partial charge in [-0.1, -0.05) is 25.5 Å². The molecule has 1 heterocycles. The van der Waals surface area contributed by atoms with Crippen molar-refractivity contribution in [2.24, 2.45) is 11.3 Å². The molecule has 1 aromatic carbocycles. The molecule has 1 aliphatic carbocycles. The Labute approximate surface area is 117 Å². The van der Waals surface area contributed by atoms with E-state index < -0.39 is 0 Å². The Balaban J connectivity index is 1.91. The van der Waals surface area contributed by atoms with E-state index in [1.54, 1.807) is 6.08 Å². The third kappa shape index (κ3) is 2.26. The van der Waals surface area contributed by atoms with Gasteiger partial charge in [0.15, 0.2) is 5.78 Å². The first-order valence-corrected chi connectivity index (χ1v) is 6.88. The summed E-state index contributed by atoms with van der Waals surface area (Å²) in [6, 6.07) is 5.85. The van der Waals surface area contributed by atoms with Gasteiger partial charge in [-0.05, 0) is 59.3 Å². The topological polar surface area (TPSA) is 56.0 Å². The van der Waals surface area contributed by atoms with Crippen LogP contribution < -0.4 is 0 Å².